The van der Waals surface area contributed by atoms with Crippen molar-refractivity contribution in [3.63, 3.8) is 0 Å². The van der Waals surface area contributed by atoms with Gasteiger partial charge in [0.05, 0.1) is 21.3 Å². The molecule has 0 atom stereocenters. The number of aryl methyl sites for hydroxylation is 1. The molecule has 6 nitrogen and oxygen atoms in total. The highest BCUT2D eigenvalue weighted by atomic mass is 16.5. The third-order valence-electron chi connectivity index (χ3n) is 3.28. The van der Waals surface area contributed by atoms with Crippen LogP contribution in [0.25, 0.3) is 0 Å². The number of carbonyl (C=O) groups excluding carboxylic acids is 1. The number of benzene rings is 1. The fraction of sp³-hybridized carbons (Fsp3) is 0.294. The number of nitrogens with one attached hydrogen (secondary N) is 1. The molecule has 122 valence electrons. The van der Waals surface area contributed by atoms with Gasteiger partial charge in [-0.1, -0.05) is 6.07 Å². The predicted octanol–water partition coefficient (Wildman–Crippen LogP) is 2.68. The van der Waals surface area contributed by atoms with Crippen LogP contribution in [0.1, 0.15) is 12.1 Å². The maximum Gasteiger partial charge on any atom is 0.224 e. The molecule has 0 aliphatic carbocycles. The molecule has 0 unspecified atom stereocenters. The topological polar surface area (TPSA) is 69.7 Å². The summed E-state index contributed by atoms with van der Waals surface area (Å²) in [4.78, 5) is 16.3. The Labute approximate surface area is 135 Å². The van der Waals surface area contributed by atoms with E-state index in [-0.39, 0.29) is 5.91 Å². The fourth-order valence-electron chi connectivity index (χ4n) is 2.16. The van der Waals surface area contributed by atoms with Gasteiger partial charge >= 0.3 is 0 Å². The minimum absolute atomic E-state index is 0.107. The van der Waals surface area contributed by atoms with E-state index in [2.05, 4.69) is 10.3 Å². The zero-order chi connectivity index (χ0) is 16.7. The predicted molar refractivity (Wildman–Crippen MR) is 87.3 cm³/mol. The molecule has 0 saturated heterocycles. The molecule has 0 fully saturated rings. The van der Waals surface area contributed by atoms with Crippen LogP contribution < -0.4 is 19.5 Å². The Morgan fingerprint density at radius 2 is 1.78 bits per heavy atom. The van der Waals surface area contributed by atoms with Crippen LogP contribution in [0.2, 0.25) is 0 Å². The van der Waals surface area contributed by atoms with Crippen LogP contribution in [0.4, 0.5) is 5.69 Å². The smallest absolute Gasteiger partial charge is 0.224 e. The molecule has 0 saturated carbocycles. The summed E-state index contributed by atoms with van der Waals surface area (Å²) in [5.74, 6) is 1.37. The van der Waals surface area contributed by atoms with Gasteiger partial charge in [0.1, 0.15) is 0 Å². The van der Waals surface area contributed by atoms with Crippen molar-refractivity contribution in [2.24, 2.45) is 0 Å². The highest BCUT2D eigenvalue weighted by molar-refractivity contribution is 5.91. The lowest BCUT2D eigenvalue weighted by Crippen LogP contribution is -2.13. The molecule has 23 heavy (non-hydrogen) atoms. The van der Waals surface area contributed by atoms with E-state index in [1.807, 2.05) is 18.2 Å². The number of anilines is 1. The Hall–Kier alpha value is -2.76. The Morgan fingerprint density at radius 1 is 1.09 bits per heavy atom. The second-order valence-electron chi connectivity index (χ2n) is 4.78. The average molecular weight is 316 g/mol. The largest absolute Gasteiger partial charge is 0.493 e. The van der Waals surface area contributed by atoms with Gasteiger partial charge in [-0.05, 0) is 18.6 Å². The molecule has 0 radical (unpaired) electrons. The first-order valence-corrected chi connectivity index (χ1v) is 7.17. The summed E-state index contributed by atoms with van der Waals surface area (Å²) in [5, 5.41) is 2.83. The van der Waals surface area contributed by atoms with E-state index < -0.39 is 0 Å². The molecule has 0 bridgehead atoms. The van der Waals surface area contributed by atoms with Gasteiger partial charge in [0.15, 0.2) is 11.5 Å². The van der Waals surface area contributed by atoms with Gasteiger partial charge in [-0.2, -0.15) is 0 Å². The van der Waals surface area contributed by atoms with Gasteiger partial charge in [-0.25, -0.2) is 0 Å². The van der Waals surface area contributed by atoms with E-state index in [0.29, 0.717) is 35.8 Å². The number of pyridine rings is 1. The Kier molecular flexibility index (Phi) is 5.80. The molecule has 1 N–H and O–H groups in total. The Morgan fingerprint density at radius 3 is 2.30 bits per heavy atom. The monoisotopic (exact) mass is 316 g/mol. The SMILES string of the molecule is COc1cc(NC(=O)CCc2ccccn2)cc(OC)c1OC. The summed E-state index contributed by atoms with van der Waals surface area (Å²) in [5.41, 5.74) is 1.47. The van der Waals surface area contributed by atoms with E-state index in [1.165, 1.54) is 21.3 Å². The van der Waals surface area contributed by atoms with Crippen LogP contribution in [0.15, 0.2) is 36.5 Å². The first-order chi connectivity index (χ1) is 11.2. The lowest BCUT2D eigenvalue weighted by molar-refractivity contribution is -0.116. The molecule has 2 aromatic rings. The third-order valence-corrected chi connectivity index (χ3v) is 3.28. The van der Waals surface area contributed by atoms with Gasteiger partial charge in [0, 0.05) is 36.1 Å². The second kappa shape index (κ2) is 8.03. The summed E-state index contributed by atoms with van der Waals surface area (Å²) in [6.07, 6.45) is 2.64. The van der Waals surface area contributed by atoms with Gasteiger partial charge in [-0.15, -0.1) is 0 Å². The highest BCUT2D eigenvalue weighted by Crippen LogP contribution is 2.39. The molecule has 0 aliphatic rings. The maximum absolute atomic E-state index is 12.1. The highest BCUT2D eigenvalue weighted by Gasteiger charge is 2.14. The molecule has 1 aromatic heterocycles. The van der Waals surface area contributed by atoms with Crippen molar-refractivity contribution in [2.75, 3.05) is 26.6 Å². The zero-order valence-electron chi connectivity index (χ0n) is 13.5. The van der Waals surface area contributed by atoms with Crippen molar-refractivity contribution < 1.29 is 19.0 Å². The van der Waals surface area contributed by atoms with Crippen molar-refractivity contribution in [1.82, 2.24) is 4.98 Å². The lowest BCUT2D eigenvalue weighted by atomic mass is 10.2. The number of carbonyl (C=O) groups is 1. The maximum atomic E-state index is 12.1. The van der Waals surface area contributed by atoms with Crippen LogP contribution in [-0.4, -0.2) is 32.2 Å². The number of hydrogen-bond donors (Lipinski definition) is 1. The van der Waals surface area contributed by atoms with Crippen LogP contribution in [-0.2, 0) is 11.2 Å². The van der Waals surface area contributed by atoms with Crippen LogP contribution in [0.5, 0.6) is 17.2 Å². The van der Waals surface area contributed by atoms with Gasteiger partial charge in [0.2, 0.25) is 11.7 Å². The van der Waals surface area contributed by atoms with Gasteiger partial charge in [-0.3, -0.25) is 9.78 Å². The Bertz CT molecular complexity index is 634. The number of methoxy groups -OCH3 is 3. The van der Waals surface area contributed by atoms with Crippen LogP contribution >= 0.6 is 0 Å². The standard InChI is InChI=1S/C17H20N2O4/c1-21-14-10-13(11-15(22-2)17(14)23-3)19-16(20)8-7-12-6-4-5-9-18-12/h4-6,9-11H,7-8H2,1-3H3,(H,19,20). The van der Waals surface area contributed by atoms with Gasteiger partial charge in [0.25, 0.3) is 0 Å². The third kappa shape index (κ3) is 4.35. The summed E-state index contributed by atoms with van der Waals surface area (Å²) in [6.45, 7) is 0. The van der Waals surface area contributed by atoms with E-state index >= 15 is 0 Å². The molecule has 1 heterocycles. The summed E-state index contributed by atoms with van der Waals surface area (Å²) in [7, 11) is 4.60. The quantitative estimate of drug-likeness (QED) is 0.850. The van der Waals surface area contributed by atoms with E-state index in [9.17, 15) is 4.79 Å². The van der Waals surface area contributed by atoms with E-state index in [4.69, 9.17) is 14.2 Å². The number of rotatable bonds is 7. The van der Waals surface area contributed by atoms with E-state index in [1.54, 1.807) is 18.3 Å². The number of nitrogens with zero attached hydrogens (tertiary/aromatic N) is 1. The molecular weight excluding hydrogens is 296 g/mol. The zero-order valence-corrected chi connectivity index (χ0v) is 13.5. The fourth-order valence-corrected chi connectivity index (χ4v) is 2.16. The normalized spacial score (nSPS) is 10.0. The minimum Gasteiger partial charge on any atom is -0.493 e. The summed E-state index contributed by atoms with van der Waals surface area (Å²) < 4.78 is 15.8. The molecule has 0 spiro atoms. The molecule has 0 aliphatic heterocycles. The molecule has 1 amide bonds. The van der Waals surface area contributed by atoms with Crippen molar-refractivity contribution in [3.8, 4) is 17.2 Å². The number of hydrogen-bond acceptors (Lipinski definition) is 5. The Balaban J connectivity index is 2.05. The molecule has 6 heteroatoms. The number of amides is 1. The molecule has 2 rings (SSSR count). The van der Waals surface area contributed by atoms with Crippen molar-refractivity contribution in [2.45, 2.75) is 12.8 Å². The van der Waals surface area contributed by atoms with Crippen LogP contribution in [0.3, 0.4) is 0 Å². The molecular formula is C17H20N2O4. The first-order valence-electron chi connectivity index (χ1n) is 7.17. The van der Waals surface area contributed by atoms with Crippen LogP contribution in [0, 0.1) is 0 Å². The minimum atomic E-state index is -0.107. The average Bonchev–Trinajstić information content (AvgIpc) is 2.59. The first kappa shape index (κ1) is 16.6. The lowest BCUT2D eigenvalue weighted by Gasteiger charge is -2.14. The van der Waals surface area contributed by atoms with Crippen molar-refractivity contribution in [1.29, 1.82) is 0 Å². The van der Waals surface area contributed by atoms with Crippen molar-refractivity contribution >= 4 is 11.6 Å². The summed E-state index contributed by atoms with van der Waals surface area (Å²) in [6, 6.07) is 9.03. The van der Waals surface area contributed by atoms with E-state index in [0.717, 1.165) is 5.69 Å². The summed E-state index contributed by atoms with van der Waals surface area (Å²) >= 11 is 0. The molecule has 1 aromatic carbocycles. The number of aromatic nitrogens is 1. The number of ether oxygens (including phenoxy) is 3. The second-order valence-corrected chi connectivity index (χ2v) is 4.78. The van der Waals surface area contributed by atoms with Crippen molar-refractivity contribution in [3.05, 3.63) is 42.2 Å². The van der Waals surface area contributed by atoms with Gasteiger partial charge < -0.3 is 19.5 Å².